The van der Waals surface area contributed by atoms with Gasteiger partial charge in [0.25, 0.3) is 0 Å². The van der Waals surface area contributed by atoms with E-state index in [1.54, 1.807) is 6.92 Å². The van der Waals surface area contributed by atoms with Crippen LogP contribution in [0.4, 0.5) is 0 Å². The van der Waals surface area contributed by atoms with E-state index in [0.717, 1.165) is 45.1 Å². The number of carbonyl (C=O) groups is 1. The van der Waals surface area contributed by atoms with E-state index in [0.29, 0.717) is 6.04 Å². The molecule has 1 amide bonds. The number of likely N-dealkylation sites (tertiary alicyclic amines) is 1. The van der Waals surface area contributed by atoms with Crippen LogP contribution in [-0.2, 0) is 4.79 Å². The van der Waals surface area contributed by atoms with Gasteiger partial charge >= 0.3 is 0 Å². The van der Waals surface area contributed by atoms with E-state index in [4.69, 9.17) is 5.73 Å². The molecule has 16 heavy (non-hydrogen) atoms. The monoisotopic (exact) mass is 225 g/mol. The molecule has 0 bridgehead atoms. The van der Waals surface area contributed by atoms with Crippen LogP contribution in [0.5, 0.6) is 0 Å². The molecule has 0 aromatic heterocycles. The molecule has 0 radical (unpaired) electrons. The van der Waals surface area contributed by atoms with Gasteiger partial charge in [-0.1, -0.05) is 0 Å². The Morgan fingerprint density at radius 2 is 2.19 bits per heavy atom. The number of nitrogens with two attached hydrogens (primary N) is 1. The molecule has 4 nitrogen and oxygen atoms in total. The van der Waals surface area contributed by atoms with E-state index in [1.165, 1.54) is 12.8 Å². The summed E-state index contributed by atoms with van der Waals surface area (Å²) in [6.45, 7) is 5.36. The molecule has 2 aliphatic rings. The second kappa shape index (κ2) is 5.15. The van der Waals surface area contributed by atoms with Crippen molar-refractivity contribution in [3.8, 4) is 0 Å². The zero-order valence-corrected chi connectivity index (χ0v) is 10.2. The standard InChI is InChI=1S/C12H23N3O/c1-10(16)15-7-2-3-12(15)9-14(8-6-13)11-4-5-11/h11-12H,2-9,13H2,1H3. The van der Waals surface area contributed by atoms with Crippen LogP contribution in [0.2, 0.25) is 0 Å². The topological polar surface area (TPSA) is 49.6 Å². The molecule has 2 fully saturated rings. The molecule has 0 aromatic carbocycles. The van der Waals surface area contributed by atoms with E-state index in [2.05, 4.69) is 4.90 Å². The average molecular weight is 225 g/mol. The third kappa shape index (κ3) is 2.74. The van der Waals surface area contributed by atoms with Gasteiger partial charge in [-0.3, -0.25) is 9.69 Å². The van der Waals surface area contributed by atoms with Gasteiger partial charge in [-0.15, -0.1) is 0 Å². The van der Waals surface area contributed by atoms with Gasteiger partial charge in [0.1, 0.15) is 0 Å². The molecule has 1 heterocycles. The molecule has 1 aliphatic carbocycles. The molecule has 1 saturated heterocycles. The van der Waals surface area contributed by atoms with Crippen molar-refractivity contribution in [1.29, 1.82) is 0 Å². The number of rotatable bonds is 5. The van der Waals surface area contributed by atoms with Crippen molar-refractivity contribution in [2.24, 2.45) is 5.73 Å². The largest absolute Gasteiger partial charge is 0.339 e. The van der Waals surface area contributed by atoms with Crippen LogP contribution < -0.4 is 5.73 Å². The molecule has 2 N–H and O–H groups in total. The fourth-order valence-corrected chi connectivity index (χ4v) is 2.74. The Morgan fingerprint density at radius 1 is 1.44 bits per heavy atom. The summed E-state index contributed by atoms with van der Waals surface area (Å²) in [7, 11) is 0. The summed E-state index contributed by atoms with van der Waals surface area (Å²) in [6.07, 6.45) is 4.94. The first-order valence-corrected chi connectivity index (χ1v) is 6.43. The Hall–Kier alpha value is -0.610. The average Bonchev–Trinajstić information content (AvgIpc) is 2.98. The lowest BCUT2D eigenvalue weighted by Gasteiger charge is -2.30. The predicted octanol–water partition coefficient (Wildman–Crippen LogP) is 0.420. The van der Waals surface area contributed by atoms with Crippen molar-refractivity contribution in [3.63, 3.8) is 0 Å². The molecule has 92 valence electrons. The van der Waals surface area contributed by atoms with Crippen molar-refractivity contribution in [3.05, 3.63) is 0 Å². The molecule has 2 rings (SSSR count). The van der Waals surface area contributed by atoms with Gasteiger partial charge < -0.3 is 10.6 Å². The van der Waals surface area contributed by atoms with Crippen LogP contribution >= 0.6 is 0 Å². The van der Waals surface area contributed by atoms with E-state index < -0.39 is 0 Å². The minimum Gasteiger partial charge on any atom is -0.339 e. The molecule has 1 atom stereocenters. The Kier molecular flexibility index (Phi) is 3.82. The Balaban J connectivity index is 1.88. The zero-order chi connectivity index (χ0) is 11.5. The number of carbonyl (C=O) groups excluding carboxylic acids is 1. The van der Waals surface area contributed by atoms with Crippen LogP contribution in [0.25, 0.3) is 0 Å². The summed E-state index contributed by atoms with van der Waals surface area (Å²) in [5.74, 6) is 0.228. The minimum absolute atomic E-state index is 0.228. The number of nitrogens with zero attached hydrogens (tertiary/aromatic N) is 2. The van der Waals surface area contributed by atoms with Crippen LogP contribution in [0.15, 0.2) is 0 Å². The maximum Gasteiger partial charge on any atom is 0.219 e. The van der Waals surface area contributed by atoms with Crippen LogP contribution in [0, 0.1) is 0 Å². The maximum absolute atomic E-state index is 11.5. The molecule has 0 spiro atoms. The van der Waals surface area contributed by atoms with E-state index >= 15 is 0 Å². The summed E-state index contributed by atoms with van der Waals surface area (Å²) >= 11 is 0. The van der Waals surface area contributed by atoms with Crippen molar-refractivity contribution >= 4 is 5.91 Å². The van der Waals surface area contributed by atoms with Crippen molar-refractivity contribution in [2.75, 3.05) is 26.2 Å². The van der Waals surface area contributed by atoms with Crippen LogP contribution in [0.1, 0.15) is 32.6 Å². The van der Waals surface area contributed by atoms with Gasteiger partial charge in [0.15, 0.2) is 0 Å². The molecule has 0 aromatic rings. The molecule has 1 unspecified atom stereocenters. The highest BCUT2D eigenvalue weighted by Crippen LogP contribution is 2.28. The van der Waals surface area contributed by atoms with Crippen LogP contribution in [0.3, 0.4) is 0 Å². The summed E-state index contributed by atoms with van der Waals surface area (Å²) in [5, 5.41) is 0. The summed E-state index contributed by atoms with van der Waals surface area (Å²) in [4.78, 5) is 16.0. The van der Waals surface area contributed by atoms with Crippen molar-refractivity contribution in [2.45, 2.75) is 44.7 Å². The lowest BCUT2D eigenvalue weighted by Crippen LogP contribution is -2.44. The van der Waals surface area contributed by atoms with Gasteiger partial charge in [0.2, 0.25) is 5.91 Å². The first-order chi connectivity index (χ1) is 7.72. The Labute approximate surface area is 97.8 Å². The fraction of sp³-hybridized carbons (Fsp3) is 0.917. The lowest BCUT2D eigenvalue weighted by atomic mass is 10.2. The third-order valence-corrected chi connectivity index (χ3v) is 3.71. The quantitative estimate of drug-likeness (QED) is 0.738. The van der Waals surface area contributed by atoms with Gasteiger partial charge in [-0.2, -0.15) is 0 Å². The van der Waals surface area contributed by atoms with Gasteiger partial charge in [-0.25, -0.2) is 0 Å². The summed E-state index contributed by atoms with van der Waals surface area (Å²) in [6, 6.07) is 1.18. The Morgan fingerprint density at radius 3 is 2.75 bits per heavy atom. The van der Waals surface area contributed by atoms with E-state index in [-0.39, 0.29) is 5.91 Å². The van der Waals surface area contributed by atoms with Crippen molar-refractivity contribution in [1.82, 2.24) is 9.80 Å². The van der Waals surface area contributed by atoms with Gasteiger partial charge in [0.05, 0.1) is 0 Å². The highest BCUT2D eigenvalue weighted by atomic mass is 16.2. The second-order valence-corrected chi connectivity index (χ2v) is 5.02. The molecule has 4 heteroatoms. The highest BCUT2D eigenvalue weighted by molar-refractivity contribution is 5.73. The minimum atomic E-state index is 0.228. The zero-order valence-electron chi connectivity index (χ0n) is 10.2. The number of hydrogen-bond donors (Lipinski definition) is 1. The van der Waals surface area contributed by atoms with Crippen molar-refractivity contribution < 1.29 is 4.79 Å². The first-order valence-electron chi connectivity index (χ1n) is 6.43. The smallest absolute Gasteiger partial charge is 0.219 e. The molecule has 1 saturated carbocycles. The lowest BCUT2D eigenvalue weighted by molar-refractivity contribution is -0.129. The molecular weight excluding hydrogens is 202 g/mol. The van der Waals surface area contributed by atoms with Gasteiger partial charge in [-0.05, 0) is 25.7 Å². The summed E-state index contributed by atoms with van der Waals surface area (Å²) in [5.41, 5.74) is 5.64. The highest BCUT2D eigenvalue weighted by Gasteiger charge is 2.33. The van der Waals surface area contributed by atoms with E-state index in [9.17, 15) is 4.79 Å². The first kappa shape index (κ1) is 11.9. The van der Waals surface area contributed by atoms with Crippen LogP contribution in [-0.4, -0.2) is 54.0 Å². The number of hydrogen-bond acceptors (Lipinski definition) is 3. The summed E-state index contributed by atoms with van der Waals surface area (Å²) < 4.78 is 0. The SMILES string of the molecule is CC(=O)N1CCCC1CN(CCN)C1CC1. The normalized spacial score (nSPS) is 25.4. The molecule has 1 aliphatic heterocycles. The fourth-order valence-electron chi connectivity index (χ4n) is 2.74. The Bertz CT molecular complexity index is 253. The predicted molar refractivity (Wildman–Crippen MR) is 64.1 cm³/mol. The van der Waals surface area contributed by atoms with E-state index in [1.807, 2.05) is 4.90 Å². The molecular formula is C12H23N3O. The third-order valence-electron chi connectivity index (χ3n) is 3.71. The second-order valence-electron chi connectivity index (χ2n) is 5.02. The van der Waals surface area contributed by atoms with Gasteiger partial charge in [0, 0.05) is 45.2 Å². The number of amides is 1. The maximum atomic E-state index is 11.5.